The minimum absolute atomic E-state index is 0.258. The van der Waals surface area contributed by atoms with E-state index in [0.29, 0.717) is 25.9 Å². The van der Waals surface area contributed by atoms with Gasteiger partial charge in [-0.15, -0.1) is 0 Å². The molecule has 0 aromatic rings. The first-order chi connectivity index (χ1) is 8.83. The molecule has 7 heteroatoms. The fourth-order valence-electron chi connectivity index (χ4n) is 2.48. The summed E-state index contributed by atoms with van der Waals surface area (Å²) in [4.78, 5) is 26.3. The molecule has 19 heavy (non-hydrogen) atoms. The molecule has 0 spiro atoms. The van der Waals surface area contributed by atoms with Crippen LogP contribution in [0.4, 0.5) is 13.6 Å². The number of halogens is 2. The fraction of sp³-hybridized carbons (Fsp3) is 0.833. The number of nitrogens with one attached hydrogen (secondary N) is 1. The molecule has 5 nitrogen and oxygen atoms in total. The zero-order valence-corrected chi connectivity index (χ0v) is 11.2. The van der Waals surface area contributed by atoms with Crippen molar-refractivity contribution in [1.29, 1.82) is 0 Å². The van der Waals surface area contributed by atoms with Gasteiger partial charge in [-0.25, -0.2) is 13.6 Å². The van der Waals surface area contributed by atoms with E-state index in [2.05, 4.69) is 5.32 Å². The van der Waals surface area contributed by atoms with Crippen molar-refractivity contribution in [2.24, 2.45) is 0 Å². The van der Waals surface area contributed by atoms with Crippen molar-refractivity contribution in [3.8, 4) is 0 Å². The van der Waals surface area contributed by atoms with Crippen molar-refractivity contribution in [3.05, 3.63) is 0 Å². The highest BCUT2D eigenvalue weighted by Gasteiger charge is 2.44. The van der Waals surface area contributed by atoms with Crippen LogP contribution in [0.25, 0.3) is 0 Å². The summed E-state index contributed by atoms with van der Waals surface area (Å²) in [5.74, 6) is -0.258. The molecule has 0 saturated carbocycles. The van der Waals surface area contributed by atoms with Crippen molar-refractivity contribution >= 4 is 11.9 Å². The lowest BCUT2D eigenvalue weighted by Gasteiger charge is -2.40. The smallest absolute Gasteiger partial charge is 0.324 e. The molecule has 3 amide bonds. The summed E-state index contributed by atoms with van der Waals surface area (Å²) in [6, 6.07) is -1.05. The number of imide groups is 1. The average molecular weight is 275 g/mol. The number of carbonyl (C=O) groups is 2. The summed E-state index contributed by atoms with van der Waals surface area (Å²) in [7, 11) is 0. The highest BCUT2D eigenvalue weighted by molar-refractivity contribution is 6.06. The van der Waals surface area contributed by atoms with Gasteiger partial charge in [-0.3, -0.25) is 14.6 Å². The molecule has 2 aliphatic heterocycles. The number of hydrogen-bond donors (Lipinski definition) is 1. The zero-order valence-electron chi connectivity index (χ0n) is 11.2. The molecular weight excluding hydrogens is 256 g/mol. The van der Waals surface area contributed by atoms with Crippen molar-refractivity contribution in [2.75, 3.05) is 19.6 Å². The largest absolute Gasteiger partial charge is 0.325 e. The van der Waals surface area contributed by atoms with Gasteiger partial charge in [0.05, 0.1) is 6.04 Å². The Morgan fingerprint density at radius 2 is 2.05 bits per heavy atom. The quantitative estimate of drug-likeness (QED) is 0.763. The van der Waals surface area contributed by atoms with Crippen LogP contribution in [0.2, 0.25) is 0 Å². The van der Waals surface area contributed by atoms with Crippen LogP contribution in [0.1, 0.15) is 26.7 Å². The molecule has 2 rings (SSSR count). The maximum atomic E-state index is 12.5. The van der Waals surface area contributed by atoms with Crippen LogP contribution >= 0.6 is 0 Å². The number of urea groups is 1. The molecule has 0 aromatic carbocycles. The predicted molar refractivity (Wildman–Crippen MR) is 64.9 cm³/mol. The van der Waals surface area contributed by atoms with E-state index < -0.39 is 24.0 Å². The second-order valence-electron chi connectivity index (χ2n) is 5.59. The van der Waals surface area contributed by atoms with Gasteiger partial charge in [0.15, 0.2) is 0 Å². The third-order valence-electron chi connectivity index (χ3n) is 3.74. The molecule has 2 saturated heterocycles. The molecule has 2 heterocycles. The molecule has 108 valence electrons. The van der Waals surface area contributed by atoms with Gasteiger partial charge in [0.2, 0.25) is 0 Å². The Kier molecular flexibility index (Phi) is 3.75. The Morgan fingerprint density at radius 3 is 2.47 bits per heavy atom. The van der Waals surface area contributed by atoms with Gasteiger partial charge >= 0.3 is 6.03 Å². The lowest BCUT2D eigenvalue weighted by molar-refractivity contribution is -0.130. The molecule has 0 aromatic heterocycles. The Hall–Kier alpha value is -1.24. The number of likely N-dealkylation sites (tertiary alicyclic amines) is 1. The van der Waals surface area contributed by atoms with Gasteiger partial charge in [-0.2, -0.15) is 0 Å². The normalized spacial score (nSPS) is 26.8. The summed E-state index contributed by atoms with van der Waals surface area (Å²) in [6.45, 7) is 4.73. The second kappa shape index (κ2) is 5.03. The first kappa shape index (κ1) is 14.2. The van der Waals surface area contributed by atoms with E-state index in [9.17, 15) is 18.4 Å². The number of nitrogens with zero attached hydrogens (tertiary/aromatic N) is 2. The Bertz CT molecular complexity index is 387. The van der Waals surface area contributed by atoms with E-state index in [4.69, 9.17) is 0 Å². The number of amides is 3. The van der Waals surface area contributed by atoms with Crippen LogP contribution in [-0.4, -0.2) is 59.4 Å². The number of carbonyl (C=O) groups excluding carboxylic acids is 2. The second-order valence-corrected chi connectivity index (χ2v) is 5.59. The number of rotatable bonds is 5. The van der Waals surface area contributed by atoms with Crippen molar-refractivity contribution < 1.29 is 18.4 Å². The topological polar surface area (TPSA) is 52.7 Å². The van der Waals surface area contributed by atoms with Crippen LogP contribution in [0.5, 0.6) is 0 Å². The molecule has 0 bridgehead atoms. The monoisotopic (exact) mass is 275 g/mol. The summed E-state index contributed by atoms with van der Waals surface area (Å²) in [5, 5.41) is 2.59. The Balaban J connectivity index is 1.78. The highest BCUT2D eigenvalue weighted by atomic mass is 19.3. The van der Waals surface area contributed by atoms with Crippen LogP contribution in [0, 0.1) is 0 Å². The molecule has 2 aliphatic rings. The molecule has 1 atom stereocenters. The summed E-state index contributed by atoms with van der Waals surface area (Å²) < 4.78 is 25.0. The van der Waals surface area contributed by atoms with Crippen molar-refractivity contribution in [2.45, 2.75) is 44.7 Å². The summed E-state index contributed by atoms with van der Waals surface area (Å²) >= 11 is 0. The first-order valence-corrected chi connectivity index (χ1v) is 6.49. The van der Waals surface area contributed by atoms with E-state index >= 15 is 0 Å². The van der Waals surface area contributed by atoms with E-state index in [0.717, 1.165) is 4.90 Å². The van der Waals surface area contributed by atoms with E-state index in [1.807, 2.05) is 0 Å². The molecule has 1 N–H and O–H groups in total. The summed E-state index contributed by atoms with van der Waals surface area (Å²) in [5.41, 5.74) is -0.862. The van der Waals surface area contributed by atoms with Crippen LogP contribution in [-0.2, 0) is 4.79 Å². The first-order valence-electron chi connectivity index (χ1n) is 6.49. The van der Waals surface area contributed by atoms with Crippen LogP contribution < -0.4 is 5.32 Å². The predicted octanol–water partition coefficient (Wildman–Crippen LogP) is 1.05. The molecule has 1 unspecified atom stereocenters. The minimum atomic E-state index is -2.32. The lowest BCUT2D eigenvalue weighted by Crippen LogP contribution is -2.52. The SMILES string of the molecule is CC1(C)NC(=O)N(CCCN2CCC2C(F)F)C1=O. The van der Waals surface area contributed by atoms with E-state index in [1.54, 1.807) is 18.7 Å². The number of hydrogen-bond acceptors (Lipinski definition) is 3. The zero-order chi connectivity index (χ0) is 14.2. The molecular formula is C12H19F2N3O2. The molecule has 0 radical (unpaired) electrons. The van der Waals surface area contributed by atoms with Gasteiger partial charge in [0.25, 0.3) is 12.3 Å². The highest BCUT2D eigenvalue weighted by Crippen LogP contribution is 2.24. The fourth-order valence-corrected chi connectivity index (χ4v) is 2.48. The van der Waals surface area contributed by atoms with Crippen LogP contribution in [0.3, 0.4) is 0 Å². The van der Waals surface area contributed by atoms with E-state index in [1.165, 1.54) is 0 Å². The van der Waals surface area contributed by atoms with E-state index in [-0.39, 0.29) is 12.5 Å². The average Bonchev–Trinajstić information content (AvgIpc) is 2.42. The Morgan fingerprint density at radius 1 is 1.37 bits per heavy atom. The van der Waals surface area contributed by atoms with Crippen molar-refractivity contribution in [1.82, 2.24) is 15.1 Å². The van der Waals surface area contributed by atoms with Gasteiger partial charge < -0.3 is 5.32 Å². The third-order valence-corrected chi connectivity index (χ3v) is 3.74. The molecule has 0 aliphatic carbocycles. The van der Waals surface area contributed by atoms with Gasteiger partial charge in [-0.1, -0.05) is 0 Å². The maximum absolute atomic E-state index is 12.5. The minimum Gasteiger partial charge on any atom is -0.324 e. The summed E-state index contributed by atoms with van der Waals surface area (Å²) in [6.07, 6.45) is -1.27. The number of alkyl halides is 2. The van der Waals surface area contributed by atoms with Gasteiger partial charge in [0.1, 0.15) is 5.54 Å². The maximum Gasteiger partial charge on any atom is 0.325 e. The van der Waals surface area contributed by atoms with Gasteiger partial charge in [0, 0.05) is 19.6 Å². The Labute approximate surface area is 110 Å². The lowest BCUT2D eigenvalue weighted by atomic mass is 10.0. The van der Waals surface area contributed by atoms with Crippen LogP contribution in [0.15, 0.2) is 0 Å². The standard InChI is InChI=1S/C12H19F2N3O2/c1-12(2)10(18)17(11(19)15-12)6-3-5-16-7-4-8(16)9(13)14/h8-9H,3-7H2,1-2H3,(H,15,19). The third kappa shape index (κ3) is 2.70. The van der Waals surface area contributed by atoms with Crippen molar-refractivity contribution in [3.63, 3.8) is 0 Å². The molecule has 2 fully saturated rings. The van der Waals surface area contributed by atoms with Gasteiger partial charge in [-0.05, 0) is 26.7 Å².